The minimum atomic E-state index is -0.421. The molecule has 1 aliphatic rings. The fraction of sp³-hybridized carbons (Fsp3) is 0.579. The minimum Gasteiger partial charge on any atom is -0.497 e. The van der Waals surface area contributed by atoms with Gasteiger partial charge in [-0.1, -0.05) is 31.0 Å². The number of aliphatic hydroxyl groups excluding tert-OH is 1. The number of aromatic nitrogens is 3. The molecular weight excluding hydrogens is 364 g/mol. The van der Waals surface area contributed by atoms with Crippen LogP contribution in [0, 0.1) is 0 Å². The Morgan fingerprint density at radius 3 is 2.56 bits per heavy atom. The molecule has 0 bridgehead atoms. The lowest BCUT2D eigenvalue weighted by atomic mass is 9.95. The van der Waals surface area contributed by atoms with Gasteiger partial charge in [0.05, 0.1) is 20.3 Å². The summed E-state index contributed by atoms with van der Waals surface area (Å²) in [6, 6.07) is 6.11. The van der Waals surface area contributed by atoms with E-state index in [0.29, 0.717) is 40.8 Å². The van der Waals surface area contributed by atoms with E-state index >= 15 is 0 Å². The van der Waals surface area contributed by atoms with Gasteiger partial charge in [-0.15, -0.1) is 5.10 Å². The van der Waals surface area contributed by atoms with Crippen molar-refractivity contribution < 1.29 is 14.6 Å². The number of aliphatic hydroxyl groups is 1. The zero-order chi connectivity index (χ0) is 19.1. The van der Waals surface area contributed by atoms with Crippen LogP contribution in [0.5, 0.6) is 11.5 Å². The zero-order valence-electron chi connectivity index (χ0n) is 15.9. The molecule has 1 saturated carbocycles. The lowest BCUT2D eigenvalue weighted by Crippen LogP contribution is -2.37. The second-order valence-corrected chi connectivity index (χ2v) is 7.76. The predicted molar refractivity (Wildman–Crippen MR) is 107 cm³/mol. The molecule has 1 heterocycles. The second-order valence-electron chi connectivity index (χ2n) is 6.78. The number of nitrogens with one attached hydrogen (secondary N) is 2. The fourth-order valence-corrected chi connectivity index (χ4v) is 3.95. The molecule has 3 rings (SSSR count). The average molecular weight is 393 g/mol. The predicted octanol–water partition coefficient (Wildman–Crippen LogP) is 2.86. The molecule has 148 valence electrons. The highest BCUT2D eigenvalue weighted by Crippen LogP contribution is 2.28. The standard InChI is InChI=1S/C19H28N4O3S/c1-25-16-8-13(9-17(10-16)26-2)18-21-19(23-22-18)27-12-15(24)11-20-14-6-4-3-5-7-14/h8-10,14-15,20,24H,3-7,11-12H2,1-2H3,(H,21,22,23). The zero-order valence-corrected chi connectivity index (χ0v) is 16.7. The summed E-state index contributed by atoms with van der Waals surface area (Å²) >= 11 is 1.44. The minimum absolute atomic E-state index is 0.421. The van der Waals surface area contributed by atoms with Crippen LogP contribution in [0.3, 0.4) is 0 Å². The molecular formula is C19H28N4O3S. The Bertz CT molecular complexity index is 696. The summed E-state index contributed by atoms with van der Waals surface area (Å²) in [5, 5.41) is 21.5. The van der Waals surface area contributed by atoms with Crippen LogP contribution in [-0.4, -0.2) is 59.0 Å². The molecule has 7 nitrogen and oxygen atoms in total. The maximum Gasteiger partial charge on any atom is 0.208 e. The number of benzene rings is 1. The summed E-state index contributed by atoms with van der Waals surface area (Å²) in [5.74, 6) is 2.58. The van der Waals surface area contributed by atoms with Crippen molar-refractivity contribution in [3.05, 3.63) is 18.2 Å². The lowest BCUT2D eigenvalue weighted by molar-refractivity contribution is 0.185. The molecule has 3 N–H and O–H groups in total. The molecule has 0 amide bonds. The Morgan fingerprint density at radius 2 is 1.89 bits per heavy atom. The number of hydrogen-bond acceptors (Lipinski definition) is 7. The number of ether oxygens (including phenoxy) is 2. The maximum atomic E-state index is 10.2. The molecule has 0 saturated heterocycles. The van der Waals surface area contributed by atoms with Gasteiger partial charge in [0.15, 0.2) is 5.82 Å². The first-order valence-corrected chi connectivity index (χ1v) is 10.4. The van der Waals surface area contributed by atoms with E-state index in [9.17, 15) is 5.11 Å². The van der Waals surface area contributed by atoms with E-state index in [4.69, 9.17) is 9.47 Å². The molecule has 1 fully saturated rings. The van der Waals surface area contributed by atoms with Crippen molar-refractivity contribution in [1.29, 1.82) is 0 Å². The van der Waals surface area contributed by atoms with E-state index in [1.165, 1.54) is 43.9 Å². The highest BCUT2D eigenvalue weighted by molar-refractivity contribution is 7.99. The third-order valence-electron chi connectivity index (χ3n) is 4.74. The molecule has 27 heavy (non-hydrogen) atoms. The van der Waals surface area contributed by atoms with Gasteiger partial charge in [0, 0.05) is 30.0 Å². The van der Waals surface area contributed by atoms with Crippen LogP contribution in [0.2, 0.25) is 0 Å². The number of H-pyrrole nitrogens is 1. The van der Waals surface area contributed by atoms with E-state index < -0.39 is 6.10 Å². The quantitative estimate of drug-likeness (QED) is 0.565. The molecule has 0 spiro atoms. The van der Waals surface area contributed by atoms with Crippen molar-refractivity contribution in [2.45, 2.75) is 49.4 Å². The van der Waals surface area contributed by atoms with Gasteiger partial charge in [-0.25, -0.2) is 4.98 Å². The monoisotopic (exact) mass is 392 g/mol. The Morgan fingerprint density at radius 1 is 1.19 bits per heavy atom. The van der Waals surface area contributed by atoms with Crippen LogP contribution in [0.1, 0.15) is 32.1 Å². The number of methoxy groups -OCH3 is 2. The van der Waals surface area contributed by atoms with Gasteiger partial charge in [0.1, 0.15) is 11.5 Å². The number of nitrogens with zero attached hydrogens (tertiary/aromatic N) is 2. The molecule has 0 aliphatic heterocycles. The van der Waals surface area contributed by atoms with Gasteiger partial charge in [-0.05, 0) is 25.0 Å². The van der Waals surface area contributed by atoms with Crippen LogP contribution in [0.25, 0.3) is 11.4 Å². The van der Waals surface area contributed by atoms with E-state index in [0.717, 1.165) is 5.56 Å². The summed E-state index contributed by atoms with van der Waals surface area (Å²) < 4.78 is 10.6. The van der Waals surface area contributed by atoms with Crippen LogP contribution in [0.15, 0.2) is 23.4 Å². The fourth-order valence-electron chi connectivity index (χ4n) is 3.22. The van der Waals surface area contributed by atoms with Gasteiger partial charge in [0.2, 0.25) is 5.16 Å². The van der Waals surface area contributed by atoms with Crippen LogP contribution in [0.4, 0.5) is 0 Å². The molecule has 1 atom stereocenters. The number of aromatic amines is 1. The first-order chi connectivity index (χ1) is 13.2. The smallest absolute Gasteiger partial charge is 0.208 e. The molecule has 1 aliphatic carbocycles. The van der Waals surface area contributed by atoms with Crippen LogP contribution < -0.4 is 14.8 Å². The Kier molecular flexibility index (Phi) is 7.37. The molecule has 8 heteroatoms. The van der Waals surface area contributed by atoms with E-state index in [1.54, 1.807) is 14.2 Å². The van der Waals surface area contributed by atoms with Gasteiger partial charge in [-0.3, -0.25) is 5.10 Å². The van der Waals surface area contributed by atoms with E-state index in [1.807, 2.05) is 18.2 Å². The molecule has 1 unspecified atom stereocenters. The Balaban J connectivity index is 1.51. The van der Waals surface area contributed by atoms with Crippen molar-refractivity contribution in [2.24, 2.45) is 0 Å². The molecule has 1 aromatic carbocycles. The molecule has 0 radical (unpaired) electrons. The largest absolute Gasteiger partial charge is 0.497 e. The molecule has 1 aromatic heterocycles. The van der Waals surface area contributed by atoms with Gasteiger partial charge in [0.25, 0.3) is 0 Å². The first kappa shape index (κ1) is 20.0. The highest BCUT2D eigenvalue weighted by Gasteiger charge is 2.15. The van der Waals surface area contributed by atoms with Crippen molar-refractivity contribution in [3.8, 4) is 22.9 Å². The topological polar surface area (TPSA) is 92.3 Å². The van der Waals surface area contributed by atoms with Crippen LogP contribution in [-0.2, 0) is 0 Å². The summed E-state index contributed by atoms with van der Waals surface area (Å²) in [6.07, 6.45) is 5.93. The van der Waals surface area contributed by atoms with Gasteiger partial charge >= 0.3 is 0 Å². The maximum absolute atomic E-state index is 10.2. The Labute approximate surface area is 164 Å². The van der Waals surface area contributed by atoms with Crippen molar-refractivity contribution in [3.63, 3.8) is 0 Å². The van der Waals surface area contributed by atoms with E-state index in [-0.39, 0.29) is 0 Å². The van der Waals surface area contributed by atoms with Crippen molar-refractivity contribution in [2.75, 3.05) is 26.5 Å². The summed E-state index contributed by atoms with van der Waals surface area (Å²) in [5.41, 5.74) is 0.838. The highest BCUT2D eigenvalue weighted by atomic mass is 32.2. The SMILES string of the molecule is COc1cc(OC)cc(-c2nc(SCC(O)CNC3CCCCC3)n[nH]2)c1. The molecule has 2 aromatic rings. The average Bonchev–Trinajstić information content (AvgIpc) is 3.20. The third-order valence-corrected chi connectivity index (χ3v) is 5.73. The Hall–Kier alpha value is -1.77. The summed E-state index contributed by atoms with van der Waals surface area (Å²) in [6.45, 7) is 0.613. The van der Waals surface area contributed by atoms with Crippen molar-refractivity contribution in [1.82, 2.24) is 20.5 Å². The normalized spacial score (nSPS) is 16.3. The lowest BCUT2D eigenvalue weighted by Gasteiger charge is -2.24. The first-order valence-electron chi connectivity index (χ1n) is 9.38. The summed E-state index contributed by atoms with van der Waals surface area (Å²) in [7, 11) is 3.23. The van der Waals surface area contributed by atoms with E-state index in [2.05, 4.69) is 20.5 Å². The van der Waals surface area contributed by atoms with Crippen molar-refractivity contribution >= 4 is 11.8 Å². The second kappa shape index (κ2) is 9.96. The number of hydrogen-bond donors (Lipinski definition) is 3. The van der Waals surface area contributed by atoms with Gasteiger partial charge in [-0.2, -0.15) is 0 Å². The number of rotatable bonds is 9. The van der Waals surface area contributed by atoms with Crippen LogP contribution >= 0.6 is 11.8 Å². The number of thioether (sulfide) groups is 1. The summed E-state index contributed by atoms with van der Waals surface area (Å²) in [4.78, 5) is 4.51. The third kappa shape index (κ3) is 5.85. The van der Waals surface area contributed by atoms with Gasteiger partial charge < -0.3 is 19.9 Å².